The molecule has 6 nitrogen and oxygen atoms in total. The first-order valence-corrected chi connectivity index (χ1v) is 12.6. The van der Waals surface area contributed by atoms with E-state index in [1.165, 1.54) is 23.8 Å². The van der Waals surface area contributed by atoms with Gasteiger partial charge in [0.15, 0.2) is 0 Å². The lowest BCUT2D eigenvalue weighted by Gasteiger charge is -2.32. The van der Waals surface area contributed by atoms with E-state index in [9.17, 15) is 4.79 Å². The Hall–Kier alpha value is -2.34. The summed E-state index contributed by atoms with van der Waals surface area (Å²) >= 11 is 0. The van der Waals surface area contributed by atoms with Crippen LogP contribution in [0.3, 0.4) is 0 Å². The third-order valence-corrected chi connectivity index (χ3v) is 5.95. The van der Waals surface area contributed by atoms with Crippen LogP contribution >= 0.6 is 0 Å². The lowest BCUT2D eigenvalue weighted by Crippen LogP contribution is -2.39. The van der Waals surface area contributed by atoms with Crippen molar-refractivity contribution in [3.05, 3.63) is 36.0 Å². The van der Waals surface area contributed by atoms with E-state index in [4.69, 9.17) is 9.47 Å². The summed E-state index contributed by atoms with van der Waals surface area (Å²) in [5, 5.41) is 4.00. The van der Waals surface area contributed by atoms with Crippen molar-refractivity contribution in [3.63, 3.8) is 0 Å². The molecule has 2 heterocycles. The normalized spacial score (nSPS) is 15.5. The maximum Gasteiger partial charge on any atom is 0.407 e. The van der Waals surface area contributed by atoms with Gasteiger partial charge in [-0.05, 0) is 89.6 Å². The number of benzene rings is 1. The summed E-state index contributed by atoms with van der Waals surface area (Å²) in [5.74, 6) is 0.936. The highest BCUT2D eigenvalue weighted by Gasteiger charge is 2.21. The van der Waals surface area contributed by atoms with Crippen molar-refractivity contribution >= 4 is 17.0 Å². The Labute approximate surface area is 199 Å². The molecule has 6 heteroatoms. The van der Waals surface area contributed by atoms with Crippen molar-refractivity contribution < 1.29 is 14.3 Å². The van der Waals surface area contributed by atoms with Gasteiger partial charge in [0, 0.05) is 31.2 Å². The van der Waals surface area contributed by atoms with Crippen LogP contribution in [0.5, 0.6) is 5.75 Å². The fourth-order valence-electron chi connectivity index (χ4n) is 4.23. The van der Waals surface area contributed by atoms with Crippen molar-refractivity contribution in [1.82, 2.24) is 15.2 Å². The quantitative estimate of drug-likeness (QED) is 0.464. The number of alkyl carbamates (subject to hydrolysis) is 1. The number of hydrogen-bond acceptors (Lipinski definition) is 5. The molecule has 1 aromatic carbocycles. The maximum absolute atomic E-state index is 11.7. The third-order valence-electron chi connectivity index (χ3n) is 5.95. The number of piperidine rings is 1. The van der Waals surface area contributed by atoms with Crippen LogP contribution in [0.25, 0.3) is 10.9 Å². The SMILES string of the molecule is CCCCc1cc(OC2CCN(CCCCNC(=O)OC(C)(C)C)CC2)c2ncccc2c1. The highest BCUT2D eigenvalue weighted by molar-refractivity contribution is 5.85. The van der Waals surface area contributed by atoms with Crippen LogP contribution in [-0.4, -0.2) is 53.9 Å². The lowest BCUT2D eigenvalue weighted by atomic mass is 10.0. The second-order valence-electron chi connectivity index (χ2n) is 10.1. The number of unbranched alkanes of at least 4 members (excludes halogenated alkanes) is 2. The fourth-order valence-corrected chi connectivity index (χ4v) is 4.23. The smallest absolute Gasteiger partial charge is 0.407 e. The summed E-state index contributed by atoms with van der Waals surface area (Å²) in [6.07, 6.45) is 9.30. The van der Waals surface area contributed by atoms with Crippen LogP contribution in [0.1, 0.15) is 71.8 Å². The van der Waals surface area contributed by atoms with E-state index >= 15 is 0 Å². The summed E-state index contributed by atoms with van der Waals surface area (Å²) in [5.41, 5.74) is 1.86. The summed E-state index contributed by atoms with van der Waals surface area (Å²) < 4.78 is 11.8. The van der Waals surface area contributed by atoms with Gasteiger partial charge in [0.1, 0.15) is 23.0 Å². The average Bonchev–Trinajstić information content (AvgIpc) is 2.77. The maximum atomic E-state index is 11.7. The molecule has 0 saturated carbocycles. The molecule has 0 spiro atoms. The van der Waals surface area contributed by atoms with Crippen molar-refractivity contribution in [1.29, 1.82) is 0 Å². The molecule has 1 aromatic heterocycles. The summed E-state index contributed by atoms with van der Waals surface area (Å²) in [4.78, 5) is 18.8. The number of carbonyl (C=O) groups excluding carboxylic acids is 1. The molecule has 1 N–H and O–H groups in total. The fraction of sp³-hybridized carbons (Fsp3) is 0.630. The van der Waals surface area contributed by atoms with Crippen molar-refractivity contribution in [2.24, 2.45) is 0 Å². The zero-order valence-corrected chi connectivity index (χ0v) is 20.9. The van der Waals surface area contributed by atoms with Gasteiger partial charge < -0.3 is 19.7 Å². The number of pyridine rings is 1. The van der Waals surface area contributed by atoms with Gasteiger partial charge in [-0.25, -0.2) is 4.79 Å². The highest BCUT2D eigenvalue weighted by Crippen LogP contribution is 2.29. The Bertz CT molecular complexity index is 886. The molecule has 0 radical (unpaired) electrons. The molecule has 0 atom stereocenters. The van der Waals surface area contributed by atoms with Crippen molar-refractivity contribution in [2.45, 2.75) is 84.3 Å². The van der Waals surface area contributed by atoms with Gasteiger partial charge in [0.25, 0.3) is 0 Å². The van der Waals surface area contributed by atoms with Crippen LogP contribution < -0.4 is 10.1 Å². The number of likely N-dealkylation sites (tertiary alicyclic amines) is 1. The molecule has 1 aliphatic heterocycles. The van der Waals surface area contributed by atoms with Crippen LogP contribution in [0, 0.1) is 0 Å². The Morgan fingerprint density at radius 3 is 2.70 bits per heavy atom. The van der Waals surface area contributed by atoms with E-state index in [1.807, 2.05) is 33.0 Å². The predicted molar refractivity (Wildman–Crippen MR) is 134 cm³/mol. The molecule has 1 fully saturated rings. The zero-order valence-electron chi connectivity index (χ0n) is 20.9. The van der Waals surface area contributed by atoms with Gasteiger partial charge in [-0.1, -0.05) is 19.4 Å². The molecule has 0 aliphatic carbocycles. The number of rotatable bonds is 10. The van der Waals surface area contributed by atoms with Crippen LogP contribution in [0.15, 0.2) is 30.5 Å². The van der Waals surface area contributed by atoms with E-state index in [1.54, 1.807) is 0 Å². The summed E-state index contributed by atoms with van der Waals surface area (Å²) in [6, 6.07) is 8.59. The zero-order chi connectivity index (χ0) is 23.7. The third kappa shape index (κ3) is 8.50. The van der Waals surface area contributed by atoms with E-state index in [0.29, 0.717) is 6.54 Å². The van der Waals surface area contributed by atoms with E-state index in [2.05, 4.69) is 40.3 Å². The van der Waals surface area contributed by atoms with Gasteiger partial charge in [0.05, 0.1) is 0 Å². The number of carbonyl (C=O) groups is 1. The van der Waals surface area contributed by atoms with Gasteiger partial charge in [-0.2, -0.15) is 0 Å². The predicted octanol–water partition coefficient (Wildman–Crippen LogP) is 5.73. The molecule has 182 valence electrons. The average molecular weight is 456 g/mol. The number of nitrogens with zero attached hydrogens (tertiary/aromatic N) is 2. The summed E-state index contributed by atoms with van der Waals surface area (Å²) in [7, 11) is 0. The minimum absolute atomic E-state index is 0.238. The van der Waals surface area contributed by atoms with E-state index < -0.39 is 5.60 Å². The molecular formula is C27H41N3O3. The van der Waals surface area contributed by atoms with Gasteiger partial charge in [-0.3, -0.25) is 4.98 Å². The van der Waals surface area contributed by atoms with Gasteiger partial charge >= 0.3 is 6.09 Å². The first-order chi connectivity index (χ1) is 15.8. The van der Waals surface area contributed by atoms with Crippen LogP contribution in [0.2, 0.25) is 0 Å². The minimum atomic E-state index is -0.449. The second kappa shape index (κ2) is 12.2. The molecule has 1 saturated heterocycles. The van der Waals surface area contributed by atoms with Crippen molar-refractivity contribution in [2.75, 3.05) is 26.2 Å². The monoisotopic (exact) mass is 455 g/mol. The second-order valence-corrected chi connectivity index (χ2v) is 10.1. The highest BCUT2D eigenvalue weighted by atomic mass is 16.6. The van der Waals surface area contributed by atoms with Gasteiger partial charge in [-0.15, -0.1) is 0 Å². The van der Waals surface area contributed by atoms with Crippen LogP contribution in [-0.2, 0) is 11.2 Å². The van der Waals surface area contributed by atoms with Crippen molar-refractivity contribution in [3.8, 4) is 5.75 Å². The standard InChI is InChI=1S/C27H41N3O3/c1-5-6-10-21-19-22-11-9-15-28-25(22)24(20-21)32-23-12-17-30(18-13-23)16-8-7-14-29-26(31)33-27(2,3)4/h9,11,15,19-20,23H,5-8,10,12-14,16-18H2,1-4H3,(H,29,31). The Balaban J connectivity index is 1.41. The van der Waals surface area contributed by atoms with Gasteiger partial charge in [0.2, 0.25) is 0 Å². The number of nitrogens with one attached hydrogen (secondary N) is 1. The number of ether oxygens (including phenoxy) is 2. The lowest BCUT2D eigenvalue weighted by molar-refractivity contribution is 0.0525. The molecule has 0 bridgehead atoms. The largest absolute Gasteiger partial charge is 0.488 e. The summed E-state index contributed by atoms with van der Waals surface area (Å²) in [6.45, 7) is 11.7. The molecule has 33 heavy (non-hydrogen) atoms. The first-order valence-electron chi connectivity index (χ1n) is 12.6. The molecule has 1 aliphatic rings. The van der Waals surface area contributed by atoms with Crippen LogP contribution in [0.4, 0.5) is 4.79 Å². The number of hydrogen-bond donors (Lipinski definition) is 1. The molecular weight excluding hydrogens is 414 g/mol. The number of aromatic nitrogens is 1. The molecule has 3 rings (SSSR count). The van der Waals surface area contributed by atoms with E-state index in [0.717, 1.165) is 63.0 Å². The molecule has 2 aromatic rings. The first kappa shape index (κ1) is 25.3. The number of amides is 1. The topological polar surface area (TPSA) is 63.7 Å². The Morgan fingerprint density at radius 2 is 1.97 bits per heavy atom. The Morgan fingerprint density at radius 1 is 1.18 bits per heavy atom. The number of aryl methyl sites for hydroxylation is 1. The minimum Gasteiger partial charge on any atom is -0.488 e. The Kier molecular flexibility index (Phi) is 9.36. The molecule has 1 amide bonds. The number of fused-ring (bicyclic) bond motifs is 1. The van der Waals surface area contributed by atoms with E-state index in [-0.39, 0.29) is 12.2 Å². The molecule has 0 unspecified atom stereocenters.